The Morgan fingerprint density at radius 2 is 2.50 bits per heavy atom. The Morgan fingerprint density at radius 1 is 1.75 bits per heavy atom. The minimum absolute atomic E-state index is 0.676. The summed E-state index contributed by atoms with van der Waals surface area (Å²) in [5.41, 5.74) is 5.48. The molecular formula is C5H13BN2. The first-order chi connectivity index (χ1) is 3.84. The third kappa shape index (κ3) is 1.04. The molecule has 0 aromatic heterocycles. The van der Waals surface area contributed by atoms with E-state index in [1.165, 1.54) is 19.4 Å². The lowest BCUT2D eigenvalue weighted by Gasteiger charge is -2.16. The summed E-state index contributed by atoms with van der Waals surface area (Å²) in [6, 6.07) is 0.676. The van der Waals surface area contributed by atoms with Crippen molar-refractivity contribution in [2.24, 2.45) is 5.73 Å². The quantitative estimate of drug-likeness (QED) is 0.439. The van der Waals surface area contributed by atoms with Crippen molar-refractivity contribution in [1.82, 2.24) is 4.81 Å². The molecule has 8 heavy (non-hydrogen) atoms. The zero-order valence-corrected chi connectivity index (χ0v) is 5.43. The third-order valence-electron chi connectivity index (χ3n) is 1.94. The molecule has 3 heteroatoms. The molecule has 0 aromatic carbocycles. The molecule has 46 valence electrons. The lowest BCUT2D eigenvalue weighted by atomic mass is 10.2. The summed E-state index contributed by atoms with van der Waals surface area (Å²) in [6.45, 7) is 2.07. The van der Waals surface area contributed by atoms with Gasteiger partial charge in [-0.2, -0.15) is 0 Å². The summed E-state index contributed by atoms with van der Waals surface area (Å²) in [7, 11) is 2.14. The first-order valence-electron chi connectivity index (χ1n) is 3.25. The van der Waals surface area contributed by atoms with Gasteiger partial charge in [0, 0.05) is 12.6 Å². The van der Waals surface area contributed by atoms with Gasteiger partial charge in [-0.15, -0.1) is 0 Å². The molecule has 1 heterocycles. The third-order valence-corrected chi connectivity index (χ3v) is 1.94. The van der Waals surface area contributed by atoms with Crippen molar-refractivity contribution >= 4 is 7.98 Å². The highest BCUT2D eigenvalue weighted by molar-refractivity contribution is 6.04. The second-order valence-electron chi connectivity index (χ2n) is 2.51. The van der Waals surface area contributed by atoms with Crippen LogP contribution in [-0.2, 0) is 0 Å². The molecule has 0 unspecified atom stereocenters. The van der Waals surface area contributed by atoms with Gasteiger partial charge in [-0.05, 0) is 19.4 Å². The van der Waals surface area contributed by atoms with E-state index in [1.54, 1.807) is 0 Å². The second kappa shape index (κ2) is 2.51. The second-order valence-corrected chi connectivity index (χ2v) is 2.51. The van der Waals surface area contributed by atoms with Gasteiger partial charge in [0.05, 0.1) is 0 Å². The van der Waals surface area contributed by atoms with E-state index < -0.39 is 0 Å². The number of rotatable bonds is 1. The van der Waals surface area contributed by atoms with E-state index >= 15 is 0 Å². The summed E-state index contributed by atoms with van der Waals surface area (Å²) >= 11 is 0. The normalized spacial score (nSPS) is 31.4. The maximum atomic E-state index is 5.48. The van der Waals surface area contributed by atoms with Gasteiger partial charge in [0.1, 0.15) is 0 Å². The molecule has 0 radical (unpaired) electrons. The molecule has 0 amide bonds. The van der Waals surface area contributed by atoms with E-state index in [0.29, 0.717) is 6.04 Å². The van der Waals surface area contributed by atoms with E-state index in [4.69, 9.17) is 5.73 Å². The van der Waals surface area contributed by atoms with E-state index in [2.05, 4.69) is 12.8 Å². The van der Waals surface area contributed by atoms with Crippen LogP contribution in [0.2, 0.25) is 0 Å². The van der Waals surface area contributed by atoms with Gasteiger partial charge in [0.15, 0.2) is 7.98 Å². The Kier molecular flexibility index (Phi) is 1.92. The van der Waals surface area contributed by atoms with Crippen LogP contribution in [0.5, 0.6) is 0 Å². The van der Waals surface area contributed by atoms with Gasteiger partial charge in [-0.3, -0.25) is 0 Å². The number of hydrogen-bond donors (Lipinski definition) is 1. The van der Waals surface area contributed by atoms with Crippen LogP contribution in [0, 0.1) is 0 Å². The number of nitrogens with two attached hydrogens (primary N) is 1. The predicted molar refractivity (Wildman–Crippen MR) is 37.3 cm³/mol. The Bertz CT molecular complexity index is 76.8. The SMILES string of the molecule is BN1CCC[C@H]1CN. The molecule has 1 atom stereocenters. The topological polar surface area (TPSA) is 29.3 Å². The highest BCUT2D eigenvalue weighted by Crippen LogP contribution is 2.11. The van der Waals surface area contributed by atoms with Gasteiger partial charge in [-0.1, -0.05) is 0 Å². The number of hydrogen-bond acceptors (Lipinski definition) is 2. The van der Waals surface area contributed by atoms with Crippen molar-refractivity contribution in [3.05, 3.63) is 0 Å². The van der Waals surface area contributed by atoms with E-state index in [1.807, 2.05) is 0 Å². The predicted octanol–water partition coefficient (Wildman–Crippen LogP) is -1.04. The summed E-state index contributed by atoms with van der Waals surface area (Å²) < 4.78 is 0. The molecule has 0 bridgehead atoms. The minimum atomic E-state index is 0.676. The standard InChI is InChI=1S/C5H13BN2/c6-8-3-1-2-5(8)4-7/h5H,1-4,6-7H2/t5-/m0/s1. The van der Waals surface area contributed by atoms with Gasteiger partial charge in [-0.25, -0.2) is 0 Å². The maximum absolute atomic E-state index is 5.48. The first-order valence-corrected chi connectivity index (χ1v) is 3.25. The molecule has 0 spiro atoms. The molecule has 1 saturated heterocycles. The summed E-state index contributed by atoms with van der Waals surface area (Å²) in [5.74, 6) is 0. The van der Waals surface area contributed by atoms with Gasteiger partial charge < -0.3 is 10.5 Å². The zero-order valence-electron chi connectivity index (χ0n) is 5.43. The van der Waals surface area contributed by atoms with E-state index in [0.717, 1.165) is 6.54 Å². The van der Waals surface area contributed by atoms with E-state index in [9.17, 15) is 0 Å². The van der Waals surface area contributed by atoms with Crippen LogP contribution in [0.25, 0.3) is 0 Å². The van der Waals surface area contributed by atoms with E-state index in [-0.39, 0.29) is 0 Å². The maximum Gasteiger partial charge on any atom is 0.185 e. The molecule has 1 fully saturated rings. The van der Waals surface area contributed by atoms with Crippen LogP contribution in [0.15, 0.2) is 0 Å². The minimum Gasteiger partial charge on any atom is -0.345 e. The molecule has 0 aliphatic carbocycles. The van der Waals surface area contributed by atoms with Crippen molar-refractivity contribution in [2.45, 2.75) is 18.9 Å². The Morgan fingerprint density at radius 3 is 2.75 bits per heavy atom. The fourth-order valence-electron chi connectivity index (χ4n) is 1.28. The molecule has 0 aromatic rings. The van der Waals surface area contributed by atoms with Crippen molar-refractivity contribution in [3.8, 4) is 0 Å². The van der Waals surface area contributed by atoms with Gasteiger partial charge >= 0.3 is 0 Å². The van der Waals surface area contributed by atoms with Crippen molar-refractivity contribution in [3.63, 3.8) is 0 Å². The summed E-state index contributed by atoms with van der Waals surface area (Å²) in [4.78, 5) is 2.33. The summed E-state index contributed by atoms with van der Waals surface area (Å²) in [5, 5.41) is 0. The molecular weight excluding hydrogens is 98.9 g/mol. The smallest absolute Gasteiger partial charge is 0.185 e. The highest BCUT2D eigenvalue weighted by atomic mass is 15.1. The first kappa shape index (κ1) is 6.11. The Hall–Kier alpha value is -0.0151. The van der Waals surface area contributed by atoms with Crippen LogP contribution in [0.1, 0.15) is 12.8 Å². The van der Waals surface area contributed by atoms with Gasteiger partial charge in [0.2, 0.25) is 0 Å². The van der Waals surface area contributed by atoms with Crippen molar-refractivity contribution < 1.29 is 0 Å². The lowest BCUT2D eigenvalue weighted by Crippen LogP contribution is -2.33. The fourth-order valence-corrected chi connectivity index (χ4v) is 1.28. The molecule has 2 N–H and O–H groups in total. The van der Waals surface area contributed by atoms with Crippen LogP contribution in [-0.4, -0.2) is 31.9 Å². The fraction of sp³-hybridized carbons (Fsp3) is 1.00. The molecule has 2 nitrogen and oxygen atoms in total. The van der Waals surface area contributed by atoms with Crippen LogP contribution in [0.4, 0.5) is 0 Å². The monoisotopic (exact) mass is 112 g/mol. The zero-order chi connectivity index (χ0) is 5.98. The Labute approximate surface area is 51.5 Å². The van der Waals surface area contributed by atoms with Crippen molar-refractivity contribution in [1.29, 1.82) is 0 Å². The largest absolute Gasteiger partial charge is 0.345 e. The average molecular weight is 112 g/mol. The molecule has 1 aliphatic rings. The van der Waals surface area contributed by atoms with Crippen LogP contribution >= 0.6 is 0 Å². The van der Waals surface area contributed by atoms with Crippen molar-refractivity contribution in [2.75, 3.05) is 13.1 Å². The average Bonchev–Trinajstić information content (AvgIpc) is 2.14. The molecule has 1 rings (SSSR count). The van der Waals surface area contributed by atoms with Crippen LogP contribution < -0.4 is 5.73 Å². The van der Waals surface area contributed by atoms with Crippen LogP contribution in [0.3, 0.4) is 0 Å². The molecule has 1 aliphatic heterocycles. The lowest BCUT2D eigenvalue weighted by molar-refractivity contribution is 0.427. The van der Waals surface area contributed by atoms with Gasteiger partial charge in [0.25, 0.3) is 0 Å². The summed E-state index contributed by atoms with van der Waals surface area (Å²) in [6.07, 6.45) is 2.63. The molecule has 0 saturated carbocycles. The Balaban J connectivity index is 2.30. The highest BCUT2D eigenvalue weighted by Gasteiger charge is 2.17. The number of nitrogens with zero attached hydrogens (tertiary/aromatic N) is 1.